The van der Waals surface area contributed by atoms with Crippen molar-refractivity contribution in [3.05, 3.63) is 11.6 Å². The highest BCUT2D eigenvalue weighted by Crippen LogP contribution is 2.13. The molecule has 0 aliphatic heterocycles. The second-order valence-electron chi connectivity index (χ2n) is 5.07. The summed E-state index contributed by atoms with van der Waals surface area (Å²) in [7, 11) is 0. The Bertz CT molecular complexity index is 180. The van der Waals surface area contributed by atoms with Gasteiger partial charge in [0.1, 0.15) is 0 Å². The minimum atomic E-state index is 0. The maximum absolute atomic E-state index is 2.28. The molecule has 0 aliphatic carbocycles. The molecule has 0 aliphatic rings. The molecule has 12 N–H and O–H groups in total. The van der Waals surface area contributed by atoms with E-state index in [0.717, 1.165) is 0 Å². The van der Waals surface area contributed by atoms with Crippen molar-refractivity contribution in [1.29, 1.82) is 0 Å². The Labute approximate surface area is 171 Å². The van der Waals surface area contributed by atoms with Crippen LogP contribution in [0.1, 0.15) is 91.4 Å². The number of hydrogen-bond acceptors (Lipinski definition) is 0. The molecule has 0 spiro atoms. The highest BCUT2D eigenvalue weighted by atomic mass is 79.9. The van der Waals surface area contributed by atoms with Crippen molar-refractivity contribution in [1.82, 2.24) is 18.5 Å². The van der Waals surface area contributed by atoms with Gasteiger partial charge in [0.2, 0.25) is 0 Å². The Balaban J connectivity index is -0.0000000750. The zero-order valence-electron chi connectivity index (χ0n) is 16.0. The van der Waals surface area contributed by atoms with E-state index in [9.17, 15) is 0 Å². The fourth-order valence-electron chi connectivity index (χ4n) is 2.04. The molecule has 0 aromatic carbocycles. The van der Waals surface area contributed by atoms with Crippen LogP contribution in [0.5, 0.6) is 0 Å². The topological polar surface area (TPSA) is 110 Å². The molecule has 0 saturated heterocycles. The number of halogens is 3. The maximum Gasteiger partial charge on any atom is -0.0323 e. The molecule has 0 heterocycles. The van der Waals surface area contributed by atoms with Gasteiger partial charge >= 0.3 is 0 Å². The lowest BCUT2D eigenvalue weighted by atomic mass is 10.0. The second-order valence-corrected chi connectivity index (χ2v) is 5.07. The molecular weight excluding hydrogens is 474 g/mol. The van der Waals surface area contributed by atoms with E-state index in [0.29, 0.717) is 0 Å². The number of allylic oxidation sites excluding steroid dienone is 2. The number of rotatable bonds is 11. The van der Waals surface area contributed by atoms with Crippen LogP contribution in [0, 0.1) is 0 Å². The zero-order valence-corrected chi connectivity index (χ0v) is 20.7. The van der Waals surface area contributed by atoms with E-state index in [-0.39, 0.29) is 69.4 Å². The van der Waals surface area contributed by atoms with E-state index in [1.807, 2.05) is 0 Å². The van der Waals surface area contributed by atoms with Crippen molar-refractivity contribution in [3.8, 4) is 0 Å². The summed E-state index contributed by atoms with van der Waals surface area (Å²) in [6.07, 6.45) is 17.9. The monoisotopic (exact) mass is 515 g/mol. The Hall–Kier alpha value is 1.06. The Kier molecular flexibility index (Phi) is 75.0. The average molecular weight is 518 g/mol. The van der Waals surface area contributed by atoms with Crippen molar-refractivity contribution < 1.29 is 50.9 Å². The molecule has 0 aromatic rings. The van der Waals surface area contributed by atoms with Gasteiger partial charge in [0.15, 0.2) is 0 Å². The molecule has 0 aromatic heterocycles. The van der Waals surface area contributed by atoms with Crippen LogP contribution < -0.4 is 69.4 Å². The van der Waals surface area contributed by atoms with Crippen LogP contribution in [-0.4, -0.2) is 0 Å². The summed E-state index contributed by atoms with van der Waals surface area (Å²) in [5, 5.41) is 0. The molecule has 6 heteroatoms. The van der Waals surface area contributed by atoms with Gasteiger partial charge in [-0.3, -0.25) is 0 Å². The third-order valence-corrected chi connectivity index (χ3v) is 3.42. The van der Waals surface area contributed by atoms with Crippen LogP contribution in [0.2, 0.25) is 0 Å². The summed E-state index contributed by atoms with van der Waals surface area (Å²) in [6.45, 7) is 6.67. The predicted octanol–water partition coefficient (Wildman–Crippen LogP) is -1.60. The summed E-state index contributed by atoms with van der Waals surface area (Å²) in [6, 6.07) is 0. The summed E-state index contributed by atoms with van der Waals surface area (Å²) in [4.78, 5) is 0. The summed E-state index contributed by atoms with van der Waals surface area (Å²) in [5.41, 5.74) is 1.56. The molecule has 0 radical (unpaired) electrons. The smallest absolute Gasteiger partial charge is 0.0323 e. The first-order valence-corrected chi connectivity index (χ1v) is 7.43. The molecular formula is C16H44Br3N3. The molecule has 3 nitrogen and oxygen atoms in total. The molecule has 0 bridgehead atoms. The van der Waals surface area contributed by atoms with E-state index in [2.05, 4.69) is 26.8 Å². The number of hydrogen-bond donors (Lipinski definition) is 3. The molecule has 144 valence electrons. The van der Waals surface area contributed by atoms with Gasteiger partial charge in [-0.05, 0) is 26.7 Å². The van der Waals surface area contributed by atoms with E-state index < -0.39 is 0 Å². The minimum Gasteiger partial charge on any atom is -1.00 e. The lowest BCUT2D eigenvalue weighted by Crippen LogP contribution is -3.00. The first-order valence-electron chi connectivity index (χ1n) is 7.43. The summed E-state index contributed by atoms with van der Waals surface area (Å²) in [5.74, 6) is 0. The van der Waals surface area contributed by atoms with Crippen LogP contribution >= 0.6 is 0 Å². The molecule has 22 heavy (non-hydrogen) atoms. The highest BCUT2D eigenvalue weighted by molar-refractivity contribution is 4.94. The SMILES string of the molecule is CC=C(C)CCCCCCCCCCCC.[Br-].[Br-].[Br-].[NH4+].[NH4+].[NH4+]. The minimum absolute atomic E-state index is 0. The fourth-order valence-corrected chi connectivity index (χ4v) is 2.04. The largest absolute Gasteiger partial charge is 1.00 e. The van der Waals surface area contributed by atoms with Crippen molar-refractivity contribution in [2.45, 2.75) is 91.4 Å². The van der Waals surface area contributed by atoms with Crippen LogP contribution in [0.15, 0.2) is 11.6 Å². The Morgan fingerprint density at radius 2 is 0.955 bits per heavy atom. The van der Waals surface area contributed by atoms with Gasteiger partial charge in [-0.15, -0.1) is 0 Å². The van der Waals surface area contributed by atoms with Gasteiger partial charge < -0.3 is 69.4 Å². The van der Waals surface area contributed by atoms with Gasteiger partial charge in [0, 0.05) is 0 Å². The fraction of sp³-hybridized carbons (Fsp3) is 0.875. The first-order chi connectivity index (χ1) is 7.81. The third-order valence-electron chi connectivity index (χ3n) is 3.42. The molecule has 0 rings (SSSR count). The normalized spacial score (nSPS) is 8.77. The van der Waals surface area contributed by atoms with Crippen LogP contribution in [-0.2, 0) is 0 Å². The summed E-state index contributed by atoms with van der Waals surface area (Å²) >= 11 is 0. The van der Waals surface area contributed by atoms with Gasteiger partial charge in [0.05, 0.1) is 0 Å². The van der Waals surface area contributed by atoms with Crippen molar-refractivity contribution in [3.63, 3.8) is 0 Å². The van der Waals surface area contributed by atoms with E-state index in [1.54, 1.807) is 5.57 Å². The first kappa shape index (κ1) is 43.5. The molecule has 0 amide bonds. The summed E-state index contributed by atoms with van der Waals surface area (Å²) < 4.78 is 0. The highest BCUT2D eigenvalue weighted by Gasteiger charge is 1.93. The Morgan fingerprint density at radius 3 is 1.27 bits per heavy atom. The maximum atomic E-state index is 2.28. The van der Waals surface area contributed by atoms with Crippen molar-refractivity contribution >= 4 is 0 Å². The van der Waals surface area contributed by atoms with Gasteiger partial charge in [0.25, 0.3) is 0 Å². The van der Waals surface area contributed by atoms with Crippen molar-refractivity contribution in [2.24, 2.45) is 0 Å². The van der Waals surface area contributed by atoms with Crippen LogP contribution in [0.3, 0.4) is 0 Å². The van der Waals surface area contributed by atoms with Crippen molar-refractivity contribution in [2.75, 3.05) is 0 Å². The van der Waals surface area contributed by atoms with E-state index in [1.165, 1.54) is 70.6 Å². The van der Waals surface area contributed by atoms with Crippen LogP contribution in [0.4, 0.5) is 0 Å². The number of quaternary nitrogens is 3. The van der Waals surface area contributed by atoms with Gasteiger partial charge in [-0.25, -0.2) is 0 Å². The standard InChI is InChI=1S/C16H32.3BrH.3H3N/c1-4-6-7-8-9-10-11-12-13-14-15-16(3)5-2;;;;;;/h5H,4,6-15H2,1-3H3;3*1H;3*1H3. The quantitative estimate of drug-likeness (QED) is 0.217. The second kappa shape index (κ2) is 37.9. The van der Waals surface area contributed by atoms with E-state index >= 15 is 0 Å². The molecule has 0 saturated carbocycles. The number of unbranched alkanes of at least 4 members (excludes halogenated alkanes) is 9. The lowest BCUT2D eigenvalue weighted by molar-refractivity contribution is -0.00100. The third kappa shape index (κ3) is 37.4. The molecule has 0 unspecified atom stereocenters. The Morgan fingerprint density at radius 1 is 0.636 bits per heavy atom. The van der Waals surface area contributed by atoms with Gasteiger partial charge in [-0.1, -0.05) is 76.4 Å². The van der Waals surface area contributed by atoms with Crippen LogP contribution in [0.25, 0.3) is 0 Å². The molecule has 0 atom stereocenters. The molecule has 0 fully saturated rings. The predicted molar refractivity (Wildman–Crippen MR) is 93.8 cm³/mol. The average Bonchev–Trinajstić information content (AvgIpc) is 2.31. The van der Waals surface area contributed by atoms with Gasteiger partial charge in [-0.2, -0.15) is 0 Å². The van der Waals surface area contributed by atoms with E-state index in [4.69, 9.17) is 0 Å². The zero-order chi connectivity index (χ0) is 12.1. The lowest BCUT2D eigenvalue weighted by Gasteiger charge is -2.02.